The zero-order valence-corrected chi connectivity index (χ0v) is 6.51. The summed E-state index contributed by atoms with van der Waals surface area (Å²) in [6, 6.07) is 0. The molecule has 0 saturated heterocycles. The van der Waals surface area contributed by atoms with Gasteiger partial charge in [-0.05, 0) is 19.3 Å². The Morgan fingerprint density at radius 2 is 2.36 bits per heavy atom. The summed E-state index contributed by atoms with van der Waals surface area (Å²) in [5.41, 5.74) is 5.73. The standard InChI is InChI=1S/C8H13NO2/c1-2-7(10)11-6-5-8(9)3-4-8/h2H,1,3-6,9H2. The van der Waals surface area contributed by atoms with Gasteiger partial charge < -0.3 is 10.5 Å². The van der Waals surface area contributed by atoms with Crippen LogP contribution in [0, 0.1) is 0 Å². The summed E-state index contributed by atoms with van der Waals surface area (Å²) in [5, 5.41) is 0. The number of hydrogen-bond acceptors (Lipinski definition) is 3. The van der Waals surface area contributed by atoms with Gasteiger partial charge in [0.15, 0.2) is 0 Å². The fourth-order valence-electron chi connectivity index (χ4n) is 0.824. The fraction of sp³-hybridized carbons (Fsp3) is 0.625. The maximum absolute atomic E-state index is 10.5. The highest BCUT2D eigenvalue weighted by atomic mass is 16.5. The average Bonchev–Trinajstić information content (AvgIpc) is 2.68. The molecule has 0 heterocycles. The molecule has 1 aliphatic carbocycles. The Hall–Kier alpha value is -0.830. The Morgan fingerprint density at radius 1 is 1.73 bits per heavy atom. The first kappa shape index (κ1) is 8.27. The first-order valence-corrected chi connectivity index (χ1v) is 3.74. The van der Waals surface area contributed by atoms with Gasteiger partial charge >= 0.3 is 5.97 Å². The van der Waals surface area contributed by atoms with Gasteiger partial charge in [0, 0.05) is 11.6 Å². The van der Waals surface area contributed by atoms with Gasteiger partial charge in [-0.25, -0.2) is 4.79 Å². The molecule has 0 aromatic carbocycles. The molecule has 0 unspecified atom stereocenters. The Kier molecular flexibility index (Phi) is 2.29. The number of hydrogen-bond donors (Lipinski definition) is 1. The summed E-state index contributed by atoms with van der Waals surface area (Å²) in [6.07, 6.45) is 4.04. The molecule has 0 radical (unpaired) electrons. The highest BCUT2D eigenvalue weighted by Crippen LogP contribution is 2.35. The van der Waals surface area contributed by atoms with Crippen molar-refractivity contribution in [3.63, 3.8) is 0 Å². The van der Waals surface area contributed by atoms with Gasteiger partial charge in [0.25, 0.3) is 0 Å². The molecule has 1 saturated carbocycles. The van der Waals surface area contributed by atoms with Crippen molar-refractivity contribution in [3.8, 4) is 0 Å². The summed E-state index contributed by atoms with van der Waals surface area (Å²) in [6.45, 7) is 3.70. The molecule has 62 valence electrons. The highest BCUT2D eigenvalue weighted by molar-refractivity contribution is 5.81. The smallest absolute Gasteiger partial charge is 0.330 e. The zero-order valence-electron chi connectivity index (χ0n) is 6.51. The van der Waals surface area contributed by atoms with E-state index in [0.29, 0.717) is 6.61 Å². The third kappa shape index (κ3) is 2.72. The Labute approximate surface area is 66.2 Å². The minimum atomic E-state index is -0.366. The van der Waals surface area contributed by atoms with Gasteiger partial charge in [-0.3, -0.25) is 0 Å². The van der Waals surface area contributed by atoms with E-state index in [1.54, 1.807) is 0 Å². The molecule has 1 aliphatic rings. The third-order valence-corrected chi connectivity index (χ3v) is 1.90. The van der Waals surface area contributed by atoms with Crippen molar-refractivity contribution < 1.29 is 9.53 Å². The molecule has 0 aromatic rings. The summed E-state index contributed by atoms with van der Waals surface area (Å²) >= 11 is 0. The number of ether oxygens (including phenoxy) is 1. The maximum Gasteiger partial charge on any atom is 0.330 e. The van der Waals surface area contributed by atoms with E-state index < -0.39 is 0 Å². The number of nitrogens with two attached hydrogens (primary N) is 1. The molecule has 1 rings (SSSR count). The van der Waals surface area contributed by atoms with Crippen molar-refractivity contribution in [2.75, 3.05) is 6.61 Å². The second-order valence-corrected chi connectivity index (χ2v) is 2.98. The highest BCUT2D eigenvalue weighted by Gasteiger charge is 2.37. The van der Waals surface area contributed by atoms with E-state index >= 15 is 0 Å². The molecular formula is C8H13NO2. The van der Waals surface area contributed by atoms with Gasteiger partial charge in [-0.1, -0.05) is 6.58 Å². The molecule has 0 spiro atoms. The van der Waals surface area contributed by atoms with Crippen LogP contribution >= 0.6 is 0 Å². The van der Waals surface area contributed by atoms with E-state index in [4.69, 9.17) is 10.5 Å². The van der Waals surface area contributed by atoms with Crippen molar-refractivity contribution in [1.82, 2.24) is 0 Å². The van der Waals surface area contributed by atoms with Crippen LogP contribution in [0.2, 0.25) is 0 Å². The summed E-state index contributed by atoms with van der Waals surface area (Å²) < 4.78 is 4.77. The quantitative estimate of drug-likeness (QED) is 0.477. The lowest BCUT2D eigenvalue weighted by molar-refractivity contribution is -0.137. The fourth-order valence-corrected chi connectivity index (χ4v) is 0.824. The van der Waals surface area contributed by atoms with Crippen LogP contribution in [0.4, 0.5) is 0 Å². The van der Waals surface area contributed by atoms with Gasteiger partial charge in [0.1, 0.15) is 0 Å². The van der Waals surface area contributed by atoms with Crippen LogP contribution in [-0.2, 0) is 9.53 Å². The Bertz CT molecular complexity index is 173. The van der Waals surface area contributed by atoms with Crippen LogP contribution in [0.25, 0.3) is 0 Å². The Morgan fingerprint density at radius 3 is 2.82 bits per heavy atom. The van der Waals surface area contributed by atoms with Crippen LogP contribution in [0.1, 0.15) is 19.3 Å². The predicted molar refractivity (Wildman–Crippen MR) is 41.9 cm³/mol. The summed E-state index contributed by atoms with van der Waals surface area (Å²) in [7, 11) is 0. The van der Waals surface area contributed by atoms with Crippen molar-refractivity contribution >= 4 is 5.97 Å². The molecule has 0 atom stereocenters. The van der Waals surface area contributed by atoms with Crippen LogP contribution < -0.4 is 5.73 Å². The normalized spacial score (nSPS) is 19.0. The number of carbonyl (C=O) groups excluding carboxylic acids is 1. The largest absolute Gasteiger partial charge is 0.462 e. The van der Waals surface area contributed by atoms with Crippen LogP contribution in [0.5, 0.6) is 0 Å². The van der Waals surface area contributed by atoms with E-state index in [1.807, 2.05) is 0 Å². The molecule has 1 fully saturated rings. The first-order chi connectivity index (χ1) is 5.16. The van der Waals surface area contributed by atoms with Crippen molar-refractivity contribution in [2.24, 2.45) is 5.73 Å². The van der Waals surface area contributed by atoms with Crippen molar-refractivity contribution in [3.05, 3.63) is 12.7 Å². The topological polar surface area (TPSA) is 52.3 Å². The minimum absolute atomic E-state index is 0.0263. The number of rotatable bonds is 4. The molecule has 3 nitrogen and oxygen atoms in total. The van der Waals surface area contributed by atoms with Crippen molar-refractivity contribution in [2.45, 2.75) is 24.8 Å². The number of esters is 1. The lowest BCUT2D eigenvalue weighted by Crippen LogP contribution is -2.24. The molecule has 11 heavy (non-hydrogen) atoms. The van der Waals surface area contributed by atoms with E-state index in [0.717, 1.165) is 25.3 Å². The van der Waals surface area contributed by atoms with Gasteiger partial charge in [0.2, 0.25) is 0 Å². The molecule has 0 bridgehead atoms. The van der Waals surface area contributed by atoms with Crippen molar-refractivity contribution in [1.29, 1.82) is 0 Å². The SMILES string of the molecule is C=CC(=O)OCCC1(N)CC1. The van der Waals surface area contributed by atoms with Gasteiger partial charge in [0.05, 0.1) is 6.61 Å². The maximum atomic E-state index is 10.5. The molecule has 3 heteroatoms. The Balaban J connectivity index is 2.04. The van der Waals surface area contributed by atoms with E-state index in [9.17, 15) is 4.79 Å². The van der Waals surface area contributed by atoms with Crippen LogP contribution in [-0.4, -0.2) is 18.1 Å². The van der Waals surface area contributed by atoms with E-state index in [1.165, 1.54) is 0 Å². The molecular weight excluding hydrogens is 142 g/mol. The lowest BCUT2D eigenvalue weighted by atomic mass is 10.2. The second-order valence-electron chi connectivity index (χ2n) is 2.98. The predicted octanol–water partition coefficient (Wildman–Crippen LogP) is 0.597. The van der Waals surface area contributed by atoms with Crippen LogP contribution in [0.15, 0.2) is 12.7 Å². The first-order valence-electron chi connectivity index (χ1n) is 3.74. The summed E-state index contributed by atoms with van der Waals surface area (Å²) in [4.78, 5) is 10.5. The number of carbonyl (C=O) groups is 1. The molecule has 2 N–H and O–H groups in total. The van der Waals surface area contributed by atoms with E-state index in [2.05, 4.69) is 6.58 Å². The molecule has 0 amide bonds. The van der Waals surface area contributed by atoms with Gasteiger partial charge in [-0.15, -0.1) is 0 Å². The summed E-state index contributed by atoms with van der Waals surface area (Å²) in [5.74, 6) is -0.366. The molecule has 0 aromatic heterocycles. The monoisotopic (exact) mass is 155 g/mol. The minimum Gasteiger partial charge on any atom is -0.462 e. The molecule has 0 aliphatic heterocycles. The second kappa shape index (κ2) is 3.05. The van der Waals surface area contributed by atoms with Crippen LogP contribution in [0.3, 0.4) is 0 Å². The lowest BCUT2D eigenvalue weighted by Gasteiger charge is -2.06. The zero-order chi connectivity index (χ0) is 8.32. The van der Waals surface area contributed by atoms with Gasteiger partial charge in [-0.2, -0.15) is 0 Å². The third-order valence-electron chi connectivity index (χ3n) is 1.90. The average molecular weight is 155 g/mol. The van der Waals surface area contributed by atoms with E-state index in [-0.39, 0.29) is 11.5 Å².